The molecular formula is C22H30ClN5O2. The van der Waals surface area contributed by atoms with Crippen LogP contribution in [0, 0.1) is 0 Å². The number of rotatable bonds is 6. The summed E-state index contributed by atoms with van der Waals surface area (Å²) in [7, 11) is 1.97. The lowest BCUT2D eigenvalue weighted by Crippen LogP contribution is -2.50. The zero-order chi connectivity index (χ0) is 20.9. The summed E-state index contributed by atoms with van der Waals surface area (Å²) in [5.41, 5.74) is 0.889. The van der Waals surface area contributed by atoms with E-state index in [9.17, 15) is 4.79 Å². The van der Waals surface area contributed by atoms with Crippen molar-refractivity contribution >= 4 is 17.5 Å². The van der Waals surface area contributed by atoms with Crippen LogP contribution in [0.5, 0.6) is 0 Å². The molecule has 1 aliphatic carbocycles. The predicted octanol–water partition coefficient (Wildman–Crippen LogP) is 3.30. The third-order valence-corrected chi connectivity index (χ3v) is 6.52. The van der Waals surface area contributed by atoms with Gasteiger partial charge in [-0.3, -0.25) is 14.6 Å². The van der Waals surface area contributed by atoms with Crippen molar-refractivity contribution in [2.75, 3.05) is 39.8 Å². The summed E-state index contributed by atoms with van der Waals surface area (Å²) >= 11 is 5.93. The lowest BCUT2D eigenvalue weighted by molar-refractivity contribution is -0.134. The number of piperazine rings is 1. The number of aromatic nitrogens is 2. The molecule has 2 heterocycles. The minimum Gasteiger partial charge on any atom is -0.342 e. The lowest BCUT2D eigenvalue weighted by atomic mass is 9.94. The normalized spacial score (nSPS) is 19.1. The minimum atomic E-state index is 0.250. The monoisotopic (exact) mass is 431 g/mol. The van der Waals surface area contributed by atoms with Gasteiger partial charge in [0.2, 0.25) is 17.6 Å². The molecule has 1 amide bonds. The largest absolute Gasteiger partial charge is 0.342 e. The fourth-order valence-corrected chi connectivity index (χ4v) is 4.43. The van der Waals surface area contributed by atoms with Crippen LogP contribution in [0.15, 0.2) is 28.8 Å². The summed E-state index contributed by atoms with van der Waals surface area (Å²) < 4.78 is 5.43. The molecule has 0 spiro atoms. The Morgan fingerprint density at radius 2 is 1.77 bits per heavy atom. The molecule has 1 aromatic carbocycles. The quantitative estimate of drug-likeness (QED) is 0.699. The van der Waals surface area contributed by atoms with Gasteiger partial charge in [-0.1, -0.05) is 36.0 Å². The second-order valence-corrected chi connectivity index (χ2v) is 8.80. The molecule has 2 aliphatic rings. The maximum Gasteiger partial charge on any atom is 0.241 e. The van der Waals surface area contributed by atoms with Gasteiger partial charge in [-0.2, -0.15) is 4.98 Å². The summed E-state index contributed by atoms with van der Waals surface area (Å²) in [4.78, 5) is 23.7. The molecule has 0 N–H and O–H groups in total. The molecule has 7 nitrogen and oxygen atoms in total. The molecule has 162 valence electrons. The van der Waals surface area contributed by atoms with Gasteiger partial charge < -0.3 is 9.42 Å². The predicted molar refractivity (Wildman–Crippen MR) is 116 cm³/mol. The van der Waals surface area contributed by atoms with Crippen LogP contribution in [-0.4, -0.2) is 76.6 Å². The highest BCUT2D eigenvalue weighted by Crippen LogP contribution is 2.22. The molecule has 1 aromatic heterocycles. The molecule has 0 bridgehead atoms. The standard InChI is InChI=1S/C22H30ClN5O2/c1-26(19-5-3-2-4-6-19)21(29)16-28-13-11-27(12-14-28)15-20-24-22(25-30-20)17-7-9-18(23)10-8-17/h7-10,19H,2-6,11-16H2,1H3. The van der Waals surface area contributed by atoms with Crippen LogP contribution in [0.25, 0.3) is 11.4 Å². The second-order valence-electron chi connectivity index (χ2n) is 8.37. The van der Waals surface area contributed by atoms with E-state index in [1.807, 2.05) is 36.2 Å². The summed E-state index contributed by atoms with van der Waals surface area (Å²) in [5, 5.41) is 4.77. The third kappa shape index (κ3) is 5.39. The highest BCUT2D eigenvalue weighted by Gasteiger charge is 2.25. The molecule has 2 fully saturated rings. The van der Waals surface area contributed by atoms with Crippen molar-refractivity contribution in [1.29, 1.82) is 0 Å². The number of halogens is 1. The van der Waals surface area contributed by atoms with Gasteiger partial charge in [-0.25, -0.2) is 0 Å². The van der Waals surface area contributed by atoms with Gasteiger partial charge in [0.1, 0.15) is 0 Å². The van der Waals surface area contributed by atoms with Gasteiger partial charge in [0.05, 0.1) is 13.1 Å². The van der Waals surface area contributed by atoms with Crippen molar-refractivity contribution in [2.45, 2.75) is 44.7 Å². The Morgan fingerprint density at radius 1 is 1.10 bits per heavy atom. The number of benzene rings is 1. The molecule has 0 unspecified atom stereocenters. The SMILES string of the molecule is CN(C(=O)CN1CCN(Cc2nc(-c3ccc(Cl)cc3)no2)CC1)C1CCCCC1. The molecule has 0 radical (unpaired) electrons. The van der Waals surface area contributed by atoms with Crippen molar-refractivity contribution in [3.63, 3.8) is 0 Å². The first-order chi connectivity index (χ1) is 14.6. The van der Waals surface area contributed by atoms with Gasteiger partial charge >= 0.3 is 0 Å². The van der Waals surface area contributed by atoms with E-state index in [4.69, 9.17) is 16.1 Å². The van der Waals surface area contributed by atoms with E-state index in [-0.39, 0.29) is 5.91 Å². The average molecular weight is 432 g/mol. The lowest BCUT2D eigenvalue weighted by Gasteiger charge is -2.36. The molecule has 30 heavy (non-hydrogen) atoms. The van der Waals surface area contributed by atoms with Crippen LogP contribution in [-0.2, 0) is 11.3 Å². The Kier molecular flexibility index (Phi) is 7.02. The van der Waals surface area contributed by atoms with Gasteiger partial charge in [0, 0.05) is 49.9 Å². The Balaban J connectivity index is 1.23. The van der Waals surface area contributed by atoms with Crippen LogP contribution in [0.2, 0.25) is 5.02 Å². The van der Waals surface area contributed by atoms with Crippen molar-refractivity contribution < 1.29 is 9.32 Å². The summed E-state index contributed by atoms with van der Waals surface area (Å²) in [6.45, 7) is 4.68. The van der Waals surface area contributed by atoms with E-state index in [2.05, 4.69) is 19.9 Å². The Morgan fingerprint density at radius 3 is 2.47 bits per heavy atom. The summed E-state index contributed by atoms with van der Waals surface area (Å²) in [6, 6.07) is 7.84. The molecule has 4 rings (SSSR count). The number of amides is 1. The van der Waals surface area contributed by atoms with E-state index in [1.165, 1.54) is 19.3 Å². The first-order valence-electron chi connectivity index (χ1n) is 10.9. The van der Waals surface area contributed by atoms with Crippen molar-refractivity contribution in [3.8, 4) is 11.4 Å². The van der Waals surface area contributed by atoms with Gasteiger partial charge in [-0.05, 0) is 37.1 Å². The van der Waals surface area contributed by atoms with Crippen LogP contribution in [0.3, 0.4) is 0 Å². The molecule has 1 saturated heterocycles. The van der Waals surface area contributed by atoms with Crippen molar-refractivity contribution in [2.24, 2.45) is 0 Å². The fourth-order valence-electron chi connectivity index (χ4n) is 4.31. The molecule has 0 atom stereocenters. The summed E-state index contributed by atoms with van der Waals surface area (Å²) in [5.74, 6) is 1.44. The van der Waals surface area contributed by atoms with Gasteiger partial charge in [0.25, 0.3) is 0 Å². The summed E-state index contributed by atoms with van der Waals surface area (Å²) in [6.07, 6.45) is 6.10. The zero-order valence-electron chi connectivity index (χ0n) is 17.6. The number of carbonyl (C=O) groups excluding carboxylic acids is 1. The zero-order valence-corrected chi connectivity index (χ0v) is 18.4. The number of carbonyl (C=O) groups is 1. The van der Waals surface area contributed by atoms with Crippen molar-refractivity contribution in [3.05, 3.63) is 35.2 Å². The van der Waals surface area contributed by atoms with Crippen LogP contribution in [0.1, 0.15) is 38.0 Å². The van der Waals surface area contributed by atoms with Crippen molar-refractivity contribution in [1.82, 2.24) is 24.8 Å². The Bertz CT molecular complexity index is 826. The third-order valence-electron chi connectivity index (χ3n) is 6.27. The topological polar surface area (TPSA) is 65.7 Å². The second kappa shape index (κ2) is 9.90. The van der Waals surface area contributed by atoms with Crippen LogP contribution in [0.4, 0.5) is 0 Å². The number of hydrogen-bond donors (Lipinski definition) is 0. The maximum atomic E-state index is 12.7. The Labute approximate surface area is 183 Å². The number of likely N-dealkylation sites (N-methyl/N-ethyl adjacent to an activating group) is 1. The van der Waals surface area contributed by atoms with E-state index in [1.54, 1.807) is 0 Å². The average Bonchev–Trinajstić information content (AvgIpc) is 3.24. The molecule has 1 aliphatic heterocycles. The maximum absolute atomic E-state index is 12.7. The first kappa shape index (κ1) is 21.3. The smallest absolute Gasteiger partial charge is 0.241 e. The van der Waals surface area contributed by atoms with E-state index < -0.39 is 0 Å². The Hall–Kier alpha value is -1.96. The first-order valence-corrected chi connectivity index (χ1v) is 11.2. The van der Waals surface area contributed by atoms with Crippen LogP contribution < -0.4 is 0 Å². The fraction of sp³-hybridized carbons (Fsp3) is 0.591. The minimum absolute atomic E-state index is 0.250. The molecule has 8 heteroatoms. The molecular weight excluding hydrogens is 402 g/mol. The van der Waals surface area contributed by atoms with E-state index in [0.29, 0.717) is 35.9 Å². The molecule has 2 aromatic rings. The van der Waals surface area contributed by atoms with E-state index in [0.717, 1.165) is 44.6 Å². The highest BCUT2D eigenvalue weighted by atomic mass is 35.5. The van der Waals surface area contributed by atoms with E-state index >= 15 is 0 Å². The number of hydrogen-bond acceptors (Lipinski definition) is 6. The molecule has 1 saturated carbocycles. The highest BCUT2D eigenvalue weighted by molar-refractivity contribution is 6.30. The van der Waals surface area contributed by atoms with Gasteiger partial charge in [-0.15, -0.1) is 0 Å². The number of nitrogens with zero attached hydrogens (tertiary/aromatic N) is 5. The van der Waals surface area contributed by atoms with Gasteiger partial charge in [0.15, 0.2) is 0 Å². The van der Waals surface area contributed by atoms with Crippen LogP contribution >= 0.6 is 11.6 Å².